The second-order valence-corrected chi connectivity index (χ2v) is 7.08. The van der Waals surface area contributed by atoms with Crippen LogP contribution in [-0.4, -0.2) is 34.7 Å². The molecular formula is C14H16F3NO2S. The smallest absolute Gasteiger partial charge is 0.416 e. The number of nitrogens with zero attached hydrogens (tertiary/aromatic N) is 1. The third-order valence-electron chi connectivity index (χ3n) is 3.31. The summed E-state index contributed by atoms with van der Waals surface area (Å²) in [7, 11) is 0. The number of aromatic carboxylic acids is 1. The van der Waals surface area contributed by atoms with E-state index in [-0.39, 0.29) is 5.56 Å². The van der Waals surface area contributed by atoms with E-state index in [0.29, 0.717) is 29.3 Å². The lowest BCUT2D eigenvalue weighted by Gasteiger charge is -2.37. The van der Waals surface area contributed by atoms with Crippen molar-refractivity contribution in [2.75, 3.05) is 18.0 Å². The molecule has 0 amide bonds. The molecule has 2 unspecified atom stereocenters. The van der Waals surface area contributed by atoms with Crippen LogP contribution in [0.5, 0.6) is 0 Å². The number of thioether (sulfide) groups is 1. The summed E-state index contributed by atoms with van der Waals surface area (Å²) in [5, 5.41) is 9.83. The number of anilines is 1. The van der Waals surface area contributed by atoms with Crippen molar-refractivity contribution in [3.63, 3.8) is 0 Å². The van der Waals surface area contributed by atoms with E-state index in [1.54, 1.807) is 11.8 Å². The summed E-state index contributed by atoms with van der Waals surface area (Å²) in [4.78, 5) is 13.2. The fraction of sp³-hybridized carbons (Fsp3) is 0.500. The summed E-state index contributed by atoms with van der Waals surface area (Å²) < 4.78 is 38.2. The lowest BCUT2D eigenvalue weighted by atomic mass is 10.1. The van der Waals surface area contributed by atoms with Crippen LogP contribution < -0.4 is 4.90 Å². The lowest BCUT2D eigenvalue weighted by molar-refractivity contribution is -0.137. The zero-order valence-corrected chi connectivity index (χ0v) is 12.5. The van der Waals surface area contributed by atoms with Gasteiger partial charge in [0.15, 0.2) is 0 Å². The Morgan fingerprint density at radius 2 is 1.86 bits per heavy atom. The number of rotatable bonds is 2. The summed E-state index contributed by atoms with van der Waals surface area (Å²) in [6, 6.07) is 2.93. The van der Waals surface area contributed by atoms with E-state index in [9.17, 15) is 23.1 Å². The highest BCUT2D eigenvalue weighted by molar-refractivity contribution is 8.00. The molecule has 1 aromatic carbocycles. The summed E-state index contributed by atoms with van der Waals surface area (Å²) in [5.74, 6) is -1.34. The Hall–Kier alpha value is -1.37. The topological polar surface area (TPSA) is 40.5 Å². The van der Waals surface area contributed by atoms with Crippen LogP contribution >= 0.6 is 11.8 Å². The molecule has 0 radical (unpaired) electrons. The standard InChI is InChI=1S/C14H16F3NO2S/c1-8-6-18(7-9(2)21-8)12-4-3-10(14(15,16)17)5-11(12)13(19)20/h3-5,8-9H,6-7H2,1-2H3,(H,19,20). The molecule has 7 heteroatoms. The van der Waals surface area contributed by atoms with E-state index >= 15 is 0 Å². The Bertz CT molecular complexity index is 538. The fourth-order valence-corrected chi connectivity index (χ4v) is 3.86. The average molecular weight is 319 g/mol. The molecule has 1 N–H and O–H groups in total. The molecule has 1 aliphatic heterocycles. The molecule has 2 rings (SSSR count). The monoisotopic (exact) mass is 319 g/mol. The van der Waals surface area contributed by atoms with E-state index < -0.39 is 17.7 Å². The number of hydrogen-bond acceptors (Lipinski definition) is 3. The van der Waals surface area contributed by atoms with Gasteiger partial charge in [0, 0.05) is 23.6 Å². The Labute approximate surface area is 125 Å². The molecule has 1 saturated heterocycles. The molecule has 0 aromatic heterocycles. The molecule has 3 nitrogen and oxygen atoms in total. The van der Waals surface area contributed by atoms with Crippen LogP contribution in [0.3, 0.4) is 0 Å². The van der Waals surface area contributed by atoms with Crippen molar-refractivity contribution in [3.8, 4) is 0 Å². The molecule has 1 aliphatic rings. The first-order valence-electron chi connectivity index (χ1n) is 6.53. The molecule has 0 spiro atoms. The van der Waals surface area contributed by atoms with Gasteiger partial charge < -0.3 is 10.0 Å². The molecule has 0 aliphatic carbocycles. The molecule has 1 heterocycles. The van der Waals surface area contributed by atoms with Crippen molar-refractivity contribution in [1.82, 2.24) is 0 Å². The van der Waals surface area contributed by atoms with E-state index in [1.807, 2.05) is 18.7 Å². The minimum absolute atomic E-state index is 0.295. The first kappa shape index (κ1) is 16.0. The average Bonchev–Trinajstić information content (AvgIpc) is 2.35. The van der Waals surface area contributed by atoms with Gasteiger partial charge in [-0.15, -0.1) is 0 Å². The maximum atomic E-state index is 12.7. The third-order valence-corrected chi connectivity index (χ3v) is 4.54. The second-order valence-electron chi connectivity index (χ2n) is 5.20. The van der Waals surface area contributed by atoms with Gasteiger partial charge >= 0.3 is 12.1 Å². The van der Waals surface area contributed by atoms with Crippen molar-refractivity contribution >= 4 is 23.4 Å². The van der Waals surface area contributed by atoms with E-state index in [4.69, 9.17) is 0 Å². The summed E-state index contributed by atoms with van der Waals surface area (Å²) >= 11 is 1.79. The maximum Gasteiger partial charge on any atom is 0.416 e. The fourth-order valence-electron chi connectivity index (χ4n) is 2.53. The van der Waals surface area contributed by atoms with Gasteiger partial charge in [-0.1, -0.05) is 13.8 Å². The number of hydrogen-bond donors (Lipinski definition) is 1. The lowest BCUT2D eigenvalue weighted by Crippen LogP contribution is -2.41. The van der Waals surface area contributed by atoms with Gasteiger partial charge in [0.25, 0.3) is 0 Å². The molecule has 1 aromatic rings. The quantitative estimate of drug-likeness (QED) is 0.901. The Kier molecular flexibility index (Phi) is 4.41. The maximum absolute atomic E-state index is 12.7. The van der Waals surface area contributed by atoms with Gasteiger partial charge in [-0.25, -0.2) is 4.79 Å². The molecule has 0 bridgehead atoms. The van der Waals surface area contributed by atoms with Crippen molar-refractivity contribution in [1.29, 1.82) is 0 Å². The van der Waals surface area contributed by atoms with Gasteiger partial charge in [-0.3, -0.25) is 0 Å². The Balaban J connectivity index is 2.41. The van der Waals surface area contributed by atoms with Crippen LogP contribution in [-0.2, 0) is 6.18 Å². The van der Waals surface area contributed by atoms with Crippen molar-refractivity contribution < 1.29 is 23.1 Å². The number of benzene rings is 1. The molecule has 1 fully saturated rings. The number of halogens is 3. The zero-order valence-electron chi connectivity index (χ0n) is 11.6. The second kappa shape index (κ2) is 5.79. The number of carbonyl (C=O) groups is 1. The van der Waals surface area contributed by atoms with Gasteiger partial charge in [-0.2, -0.15) is 24.9 Å². The van der Waals surface area contributed by atoms with Crippen LogP contribution in [0.4, 0.5) is 18.9 Å². The molecule has 2 atom stereocenters. The normalized spacial score (nSPS) is 23.2. The van der Waals surface area contributed by atoms with Gasteiger partial charge in [0.05, 0.1) is 16.8 Å². The first-order chi connectivity index (χ1) is 9.68. The first-order valence-corrected chi connectivity index (χ1v) is 7.47. The third kappa shape index (κ3) is 3.64. The molecule has 116 valence electrons. The van der Waals surface area contributed by atoms with E-state index in [0.717, 1.165) is 12.1 Å². The van der Waals surface area contributed by atoms with Gasteiger partial charge in [0.2, 0.25) is 0 Å². The van der Waals surface area contributed by atoms with Crippen molar-refractivity contribution in [2.45, 2.75) is 30.5 Å². The van der Waals surface area contributed by atoms with Crippen LogP contribution in [0.2, 0.25) is 0 Å². The van der Waals surface area contributed by atoms with E-state index in [2.05, 4.69) is 0 Å². The van der Waals surface area contributed by atoms with Crippen molar-refractivity contribution in [2.24, 2.45) is 0 Å². The van der Waals surface area contributed by atoms with Gasteiger partial charge in [-0.05, 0) is 18.2 Å². The minimum atomic E-state index is -4.54. The summed E-state index contributed by atoms with van der Waals surface area (Å²) in [5.41, 5.74) is -0.873. The number of carboxylic acid groups (broad SMARTS) is 1. The van der Waals surface area contributed by atoms with Crippen LogP contribution in [0, 0.1) is 0 Å². The van der Waals surface area contributed by atoms with Crippen LogP contribution in [0.25, 0.3) is 0 Å². The summed E-state index contributed by atoms with van der Waals surface area (Å²) in [6.07, 6.45) is -4.54. The highest BCUT2D eigenvalue weighted by atomic mass is 32.2. The van der Waals surface area contributed by atoms with Crippen LogP contribution in [0.15, 0.2) is 18.2 Å². The molecular weight excluding hydrogens is 303 g/mol. The predicted octanol–water partition coefficient (Wildman–Crippen LogP) is 3.73. The van der Waals surface area contributed by atoms with Crippen LogP contribution in [0.1, 0.15) is 29.8 Å². The predicted molar refractivity (Wildman–Crippen MR) is 77.1 cm³/mol. The summed E-state index contributed by atoms with van der Waals surface area (Å²) in [6.45, 7) is 5.30. The van der Waals surface area contributed by atoms with Gasteiger partial charge in [0.1, 0.15) is 0 Å². The largest absolute Gasteiger partial charge is 0.478 e. The molecule has 0 saturated carbocycles. The van der Waals surface area contributed by atoms with Crippen molar-refractivity contribution in [3.05, 3.63) is 29.3 Å². The highest BCUT2D eigenvalue weighted by Gasteiger charge is 2.33. The SMILES string of the molecule is CC1CN(c2ccc(C(F)(F)F)cc2C(=O)O)CC(C)S1. The zero-order chi connectivity index (χ0) is 15.8. The minimum Gasteiger partial charge on any atom is -0.478 e. The highest BCUT2D eigenvalue weighted by Crippen LogP contribution is 2.35. The number of carboxylic acids is 1. The Morgan fingerprint density at radius 1 is 1.29 bits per heavy atom. The molecule has 21 heavy (non-hydrogen) atoms. The van der Waals surface area contributed by atoms with E-state index in [1.165, 1.54) is 6.07 Å². The Morgan fingerprint density at radius 3 is 2.33 bits per heavy atom. The number of alkyl halides is 3.